The van der Waals surface area contributed by atoms with Crippen molar-refractivity contribution >= 4 is 22.4 Å². The Labute approximate surface area is 131 Å². The molecule has 0 unspecified atom stereocenters. The van der Waals surface area contributed by atoms with Crippen LogP contribution in [-0.2, 0) is 17.8 Å². The summed E-state index contributed by atoms with van der Waals surface area (Å²) in [6, 6.07) is 0. The minimum Gasteiger partial charge on any atom is -0.350 e. The Morgan fingerprint density at radius 3 is 2.95 bits per heavy atom. The van der Waals surface area contributed by atoms with E-state index in [1.165, 1.54) is 12.8 Å². The first kappa shape index (κ1) is 14.8. The van der Waals surface area contributed by atoms with Crippen LogP contribution in [0.25, 0.3) is 0 Å². The molecule has 0 spiro atoms. The van der Waals surface area contributed by atoms with E-state index in [-0.39, 0.29) is 18.0 Å². The maximum atomic E-state index is 11.8. The summed E-state index contributed by atoms with van der Waals surface area (Å²) in [5, 5.41) is 11.9. The Morgan fingerprint density at radius 2 is 2.23 bits per heavy atom. The highest BCUT2D eigenvalue weighted by atomic mass is 32.1. The molecule has 1 fully saturated rings. The SMILES string of the molecule is O=C(CCc1n[nH]c(=O)[nH]1)NCc1csc(N2CCCC2)n1. The van der Waals surface area contributed by atoms with Gasteiger partial charge in [-0.05, 0) is 12.8 Å². The normalized spacial score (nSPS) is 14.5. The van der Waals surface area contributed by atoms with Crippen molar-refractivity contribution in [3.63, 3.8) is 0 Å². The molecule has 3 N–H and O–H groups in total. The smallest absolute Gasteiger partial charge is 0.340 e. The third-order valence-corrected chi connectivity index (χ3v) is 4.47. The highest BCUT2D eigenvalue weighted by Gasteiger charge is 2.15. The molecule has 0 saturated carbocycles. The third kappa shape index (κ3) is 3.73. The van der Waals surface area contributed by atoms with E-state index in [4.69, 9.17) is 0 Å². The first-order chi connectivity index (χ1) is 10.7. The molecule has 1 aliphatic heterocycles. The van der Waals surface area contributed by atoms with Crippen molar-refractivity contribution in [1.82, 2.24) is 25.5 Å². The van der Waals surface area contributed by atoms with Crippen LogP contribution in [0.2, 0.25) is 0 Å². The van der Waals surface area contributed by atoms with Gasteiger partial charge in [0, 0.05) is 31.3 Å². The first-order valence-corrected chi connectivity index (χ1v) is 8.18. The summed E-state index contributed by atoms with van der Waals surface area (Å²) >= 11 is 1.62. The zero-order valence-corrected chi connectivity index (χ0v) is 12.9. The molecule has 22 heavy (non-hydrogen) atoms. The summed E-state index contributed by atoms with van der Waals surface area (Å²) in [7, 11) is 0. The number of aromatic amines is 2. The Bertz CT molecular complexity index is 685. The second kappa shape index (κ2) is 6.73. The number of aryl methyl sites for hydroxylation is 1. The topological polar surface area (TPSA) is 107 Å². The van der Waals surface area contributed by atoms with E-state index in [1.54, 1.807) is 11.3 Å². The zero-order chi connectivity index (χ0) is 15.4. The van der Waals surface area contributed by atoms with Gasteiger partial charge in [-0.15, -0.1) is 11.3 Å². The van der Waals surface area contributed by atoms with Gasteiger partial charge in [-0.3, -0.25) is 9.78 Å². The molecule has 1 aliphatic rings. The van der Waals surface area contributed by atoms with Gasteiger partial charge in [0.1, 0.15) is 5.82 Å². The molecular formula is C13H18N6O2S. The Morgan fingerprint density at radius 1 is 1.41 bits per heavy atom. The van der Waals surface area contributed by atoms with Crippen molar-refractivity contribution in [2.24, 2.45) is 0 Å². The molecule has 0 radical (unpaired) electrons. The van der Waals surface area contributed by atoms with Crippen LogP contribution in [0.4, 0.5) is 5.13 Å². The zero-order valence-electron chi connectivity index (χ0n) is 12.1. The predicted molar refractivity (Wildman–Crippen MR) is 82.9 cm³/mol. The second-order valence-electron chi connectivity index (χ2n) is 5.22. The second-order valence-corrected chi connectivity index (χ2v) is 6.05. The van der Waals surface area contributed by atoms with Crippen LogP contribution < -0.4 is 15.9 Å². The Kier molecular flexibility index (Phi) is 4.52. The van der Waals surface area contributed by atoms with Crippen LogP contribution in [0.15, 0.2) is 10.2 Å². The van der Waals surface area contributed by atoms with Crippen LogP contribution in [0.1, 0.15) is 30.8 Å². The first-order valence-electron chi connectivity index (χ1n) is 7.30. The van der Waals surface area contributed by atoms with Crippen LogP contribution in [-0.4, -0.2) is 39.2 Å². The van der Waals surface area contributed by atoms with E-state index < -0.39 is 0 Å². The largest absolute Gasteiger partial charge is 0.350 e. The number of amides is 1. The average molecular weight is 322 g/mol. The standard InChI is InChI=1S/C13H18N6O2S/c20-11(4-3-10-16-12(21)18-17-10)14-7-9-8-22-13(15-9)19-5-1-2-6-19/h8H,1-7H2,(H,14,20)(H2,16,17,18,21). The third-order valence-electron chi connectivity index (χ3n) is 3.52. The molecule has 2 aromatic heterocycles. The maximum absolute atomic E-state index is 11.8. The van der Waals surface area contributed by atoms with E-state index in [9.17, 15) is 9.59 Å². The van der Waals surface area contributed by atoms with E-state index in [0.29, 0.717) is 18.8 Å². The molecule has 118 valence electrons. The number of carbonyl (C=O) groups excluding carboxylic acids is 1. The number of thiazole rings is 1. The lowest BCUT2D eigenvalue weighted by molar-refractivity contribution is -0.121. The maximum Gasteiger partial charge on any atom is 0.340 e. The fourth-order valence-corrected chi connectivity index (χ4v) is 3.24. The van der Waals surface area contributed by atoms with Gasteiger partial charge >= 0.3 is 5.69 Å². The quantitative estimate of drug-likeness (QED) is 0.714. The number of nitrogens with zero attached hydrogens (tertiary/aromatic N) is 3. The summed E-state index contributed by atoms with van der Waals surface area (Å²) in [6.07, 6.45) is 3.13. The van der Waals surface area contributed by atoms with Crippen molar-refractivity contribution in [3.8, 4) is 0 Å². The number of hydrogen-bond acceptors (Lipinski definition) is 6. The predicted octanol–water partition coefficient (Wildman–Crippen LogP) is 0.404. The fraction of sp³-hybridized carbons (Fsp3) is 0.538. The van der Waals surface area contributed by atoms with Crippen molar-refractivity contribution in [3.05, 3.63) is 27.4 Å². The summed E-state index contributed by atoms with van der Waals surface area (Å²) in [6.45, 7) is 2.57. The molecule has 0 bridgehead atoms. The van der Waals surface area contributed by atoms with E-state index in [0.717, 1.165) is 23.9 Å². The number of aromatic nitrogens is 4. The lowest BCUT2D eigenvalue weighted by atomic mass is 10.3. The van der Waals surface area contributed by atoms with Gasteiger partial charge < -0.3 is 10.2 Å². The molecule has 0 atom stereocenters. The Balaban J connectivity index is 1.43. The lowest BCUT2D eigenvalue weighted by Gasteiger charge is -2.12. The van der Waals surface area contributed by atoms with E-state index in [1.807, 2.05) is 5.38 Å². The molecule has 0 aliphatic carbocycles. The van der Waals surface area contributed by atoms with Crippen molar-refractivity contribution in [1.29, 1.82) is 0 Å². The molecule has 1 saturated heterocycles. The lowest BCUT2D eigenvalue weighted by Crippen LogP contribution is -2.23. The summed E-state index contributed by atoms with van der Waals surface area (Å²) in [4.78, 5) is 32.0. The average Bonchev–Trinajstić information content (AvgIpc) is 3.23. The molecular weight excluding hydrogens is 304 g/mol. The minimum absolute atomic E-state index is 0.0837. The minimum atomic E-state index is -0.354. The monoisotopic (exact) mass is 322 g/mol. The molecule has 2 aromatic rings. The summed E-state index contributed by atoms with van der Waals surface area (Å²) < 4.78 is 0. The van der Waals surface area contributed by atoms with Crippen molar-refractivity contribution < 1.29 is 4.79 Å². The molecule has 9 heteroatoms. The molecule has 3 heterocycles. The molecule has 0 aromatic carbocycles. The van der Waals surface area contributed by atoms with E-state index >= 15 is 0 Å². The number of rotatable bonds is 6. The van der Waals surface area contributed by atoms with Gasteiger partial charge in [0.15, 0.2) is 5.13 Å². The molecule has 3 rings (SSSR count). The van der Waals surface area contributed by atoms with Crippen LogP contribution in [0.5, 0.6) is 0 Å². The summed E-state index contributed by atoms with van der Waals surface area (Å²) in [5.41, 5.74) is 0.528. The number of anilines is 1. The van der Waals surface area contributed by atoms with Crippen LogP contribution in [0, 0.1) is 0 Å². The highest BCUT2D eigenvalue weighted by molar-refractivity contribution is 7.13. The highest BCUT2D eigenvalue weighted by Crippen LogP contribution is 2.24. The Hall–Kier alpha value is -2.16. The van der Waals surface area contributed by atoms with Gasteiger partial charge in [0.25, 0.3) is 0 Å². The van der Waals surface area contributed by atoms with Gasteiger partial charge in [0.2, 0.25) is 5.91 Å². The molecule has 8 nitrogen and oxygen atoms in total. The number of carbonyl (C=O) groups is 1. The van der Waals surface area contributed by atoms with Gasteiger partial charge in [0.05, 0.1) is 12.2 Å². The van der Waals surface area contributed by atoms with Crippen LogP contribution in [0.3, 0.4) is 0 Å². The van der Waals surface area contributed by atoms with Gasteiger partial charge in [-0.25, -0.2) is 14.9 Å². The van der Waals surface area contributed by atoms with Crippen LogP contribution >= 0.6 is 11.3 Å². The number of hydrogen-bond donors (Lipinski definition) is 3. The van der Waals surface area contributed by atoms with Gasteiger partial charge in [-0.1, -0.05) is 0 Å². The fourth-order valence-electron chi connectivity index (χ4n) is 2.36. The van der Waals surface area contributed by atoms with Crippen molar-refractivity contribution in [2.75, 3.05) is 18.0 Å². The van der Waals surface area contributed by atoms with Crippen molar-refractivity contribution in [2.45, 2.75) is 32.2 Å². The summed E-state index contributed by atoms with van der Waals surface area (Å²) in [5.74, 6) is 0.407. The molecule has 1 amide bonds. The number of nitrogens with one attached hydrogen (secondary N) is 3. The number of H-pyrrole nitrogens is 2. The van der Waals surface area contributed by atoms with E-state index in [2.05, 4.69) is 30.4 Å². The van der Waals surface area contributed by atoms with Gasteiger partial charge in [-0.2, -0.15) is 5.10 Å².